The van der Waals surface area contributed by atoms with Crippen LogP contribution in [0.15, 0.2) is 24.3 Å². The van der Waals surface area contributed by atoms with Crippen molar-refractivity contribution in [2.24, 2.45) is 0 Å². The molecule has 0 radical (unpaired) electrons. The summed E-state index contributed by atoms with van der Waals surface area (Å²) in [6.07, 6.45) is 0.804. The maximum absolute atomic E-state index is 10.2. The normalized spacial score (nSPS) is 27.8. The second-order valence-electron chi connectivity index (χ2n) is 5.76. The zero-order chi connectivity index (χ0) is 17.3. The van der Waals surface area contributed by atoms with Crippen LogP contribution in [-0.4, -0.2) is 66.3 Å². The number of nitrogens with one attached hydrogen (secondary N) is 1. The van der Waals surface area contributed by atoms with Crippen molar-refractivity contribution >= 4 is 17.0 Å². The van der Waals surface area contributed by atoms with Gasteiger partial charge in [-0.15, -0.1) is 0 Å². The summed E-state index contributed by atoms with van der Waals surface area (Å²) in [6, 6.07) is 0. The molecule has 3 heterocycles. The molecule has 3 rings (SSSR count). The Kier molecular flexibility index (Phi) is 4.76. The monoisotopic (exact) mass is 335 g/mol. The molecule has 1 aliphatic heterocycles. The smallest absolute Gasteiger partial charge is 0.167 e. The molecule has 4 atom stereocenters. The minimum Gasteiger partial charge on any atom is -0.394 e. The SMILES string of the molecule is C/C=C(\C)CNc1ncnc2c1ncn2[C@@H]1O[C@H](CO)[C@@H](O)[C@H]1O. The van der Waals surface area contributed by atoms with Crippen LogP contribution in [0.3, 0.4) is 0 Å². The van der Waals surface area contributed by atoms with Crippen molar-refractivity contribution in [3.8, 4) is 0 Å². The number of fused-ring (bicyclic) bond motifs is 1. The fourth-order valence-electron chi connectivity index (χ4n) is 2.60. The lowest BCUT2D eigenvalue weighted by atomic mass is 10.1. The first-order valence-corrected chi connectivity index (χ1v) is 7.72. The van der Waals surface area contributed by atoms with Crippen LogP contribution >= 0.6 is 0 Å². The topological polar surface area (TPSA) is 126 Å². The van der Waals surface area contributed by atoms with Crippen molar-refractivity contribution in [2.75, 3.05) is 18.5 Å². The molecule has 0 aromatic carbocycles. The van der Waals surface area contributed by atoms with E-state index in [9.17, 15) is 15.3 Å². The number of aromatic nitrogens is 4. The molecule has 0 aliphatic carbocycles. The first kappa shape index (κ1) is 16.8. The standard InChI is InChI=1S/C15H21N5O4/c1-3-8(2)4-16-13-10-14(18-6-17-13)20(7-19-10)15-12(23)11(22)9(5-21)24-15/h3,6-7,9,11-12,15,21-23H,4-5H2,1-2H3,(H,16,17,18)/b8-3+/t9-,11-,12-,15-/m1/s1. The van der Waals surface area contributed by atoms with Crippen LogP contribution in [0.1, 0.15) is 20.1 Å². The Bertz CT molecular complexity index is 747. The molecule has 24 heavy (non-hydrogen) atoms. The summed E-state index contributed by atoms with van der Waals surface area (Å²) in [5.41, 5.74) is 2.17. The number of hydrogen-bond acceptors (Lipinski definition) is 8. The number of aliphatic hydroxyl groups excluding tert-OH is 3. The number of rotatable bonds is 5. The second kappa shape index (κ2) is 6.81. The summed E-state index contributed by atoms with van der Waals surface area (Å²) >= 11 is 0. The maximum Gasteiger partial charge on any atom is 0.167 e. The summed E-state index contributed by atoms with van der Waals surface area (Å²) < 4.78 is 7.06. The molecule has 4 N–H and O–H groups in total. The molecule has 0 spiro atoms. The lowest BCUT2D eigenvalue weighted by molar-refractivity contribution is -0.0511. The van der Waals surface area contributed by atoms with E-state index in [2.05, 4.69) is 20.3 Å². The molecule has 9 nitrogen and oxygen atoms in total. The fourth-order valence-corrected chi connectivity index (χ4v) is 2.60. The number of imidazole rings is 1. The molecule has 2 aromatic rings. The van der Waals surface area contributed by atoms with Gasteiger partial charge >= 0.3 is 0 Å². The van der Waals surface area contributed by atoms with Gasteiger partial charge in [-0.05, 0) is 13.8 Å². The third-order valence-electron chi connectivity index (χ3n) is 4.18. The van der Waals surface area contributed by atoms with Crippen molar-refractivity contribution in [1.29, 1.82) is 0 Å². The Morgan fingerprint density at radius 3 is 2.79 bits per heavy atom. The molecule has 1 saturated heterocycles. The van der Waals surface area contributed by atoms with Gasteiger partial charge in [-0.3, -0.25) is 4.57 Å². The highest BCUT2D eigenvalue weighted by Crippen LogP contribution is 2.32. The quantitative estimate of drug-likeness (QED) is 0.554. The van der Waals surface area contributed by atoms with E-state index in [4.69, 9.17) is 4.74 Å². The van der Waals surface area contributed by atoms with E-state index in [0.717, 1.165) is 5.57 Å². The summed E-state index contributed by atoms with van der Waals surface area (Å²) in [4.78, 5) is 12.7. The fraction of sp³-hybridized carbons (Fsp3) is 0.533. The predicted octanol–water partition coefficient (Wildman–Crippen LogP) is -0.184. The molecular formula is C15H21N5O4. The third kappa shape index (κ3) is 2.86. The van der Waals surface area contributed by atoms with Gasteiger partial charge in [-0.1, -0.05) is 11.6 Å². The van der Waals surface area contributed by atoms with Gasteiger partial charge in [0, 0.05) is 6.54 Å². The Morgan fingerprint density at radius 1 is 1.33 bits per heavy atom. The second-order valence-corrected chi connectivity index (χ2v) is 5.76. The molecule has 0 amide bonds. The Balaban J connectivity index is 1.91. The van der Waals surface area contributed by atoms with Crippen molar-refractivity contribution < 1.29 is 20.1 Å². The van der Waals surface area contributed by atoms with Gasteiger partial charge < -0.3 is 25.4 Å². The minimum absolute atomic E-state index is 0.383. The first-order valence-electron chi connectivity index (χ1n) is 7.72. The number of allylic oxidation sites excluding steroid dienone is 1. The Morgan fingerprint density at radius 2 is 2.12 bits per heavy atom. The molecule has 0 bridgehead atoms. The van der Waals surface area contributed by atoms with E-state index in [1.807, 2.05) is 19.9 Å². The maximum atomic E-state index is 10.2. The van der Waals surface area contributed by atoms with E-state index in [-0.39, 0.29) is 6.61 Å². The average molecular weight is 335 g/mol. The van der Waals surface area contributed by atoms with Gasteiger partial charge in [0.25, 0.3) is 0 Å². The minimum atomic E-state index is -1.18. The third-order valence-corrected chi connectivity index (χ3v) is 4.18. The number of nitrogens with zero attached hydrogens (tertiary/aromatic N) is 4. The molecule has 130 valence electrons. The lowest BCUT2D eigenvalue weighted by Gasteiger charge is -2.16. The van der Waals surface area contributed by atoms with Crippen molar-refractivity contribution in [3.05, 3.63) is 24.3 Å². The number of ether oxygens (including phenoxy) is 1. The first-order chi connectivity index (χ1) is 11.6. The van der Waals surface area contributed by atoms with E-state index in [0.29, 0.717) is 23.5 Å². The van der Waals surface area contributed by atoms with Crippen LogP contribution in [-0.2, 0) is 4.74 Å². The molecule has 9 heteroatoms. The zero-order valence-corrected chi connectivity index (χ0v) is 13.5. The van der Waals surface area contributed by atoms with Gasteiger partial charge in [0.2, 0.25) is 0 Å². The molecular weight excluding hydrogens is 314 g/mol. The molecule has 1 fully saturated rings. The van der Waals surface area contributed by atoms with Gasteiger partial charge in [0.05, 0.1) is 12.9 Å². The largest absolute Gasteiger partial charge is 0.394 e. The van der Waals surface area contributed by atoms with Crippen LogP contribution < -0.4 is 5.32 Å². The summed E-state index contributed by atoms with van der Waals surface area (Å²) in [5, 5.41) is 32.5. The number of anilines is 1. The zero-order valence-electron chi connectivity index (χ0n) is 13.5. The van der Waals surface area contributed by atoms with Crippen LogP contribution in [0.5, 0.6) is 0 Å². The summed E-state index contributed by atoms with van der Waals surface area (Å²) in [6.45, 7) is 4.21. The predicted molar refractivity (Wildman–Crippen MR) is 86.3 cm³/mol. The number of aliphatic hydroxyl groups is 3. The molecule has 0 unspecified atom stereocenters. The average Bonchev–Trinajstić information content (AvgIpc) is 3.15. The molecule has 1 aliphatic rings. The lowest BCUT2D eigenvalue weighted by Crippen LogP contribution is -2.33. The van der Waals surface area contributed by atoms with Gasteiger partial charge in [0.15, 0.2) is 23.2 Å². The van der Waals surface area contributed by atoms with Gasteiger partial charge in [-0.25, -0.2) is 15.0 Å². The van der Waals surface area contributed by atoms with Crippen molar-refractivity contribution in [2.45, 2.75) is 38.4 Å². The Labute approximate surface area is 138 Å². The highest BCUT2D eigenvalue weighted by Gasteiger charge is 2.44. The highest BCUT2D eigenvalue weighted by atomic mass is 16.6. The Hall–Kier alpha value is -2.07. The van der Waals surface area contributed by atoms with Gasteiger partial charge in [0.1, 0.15) is 24.6 Å². The summed E-state index contributed by atoms with van der Waals surface area (Å²) in [7, 11) is 0. The van der Waals surface area contributed by atoms with E-state index < -0.39 is 24.5 Å². The summed E-state index contributed by atoms with van der Waals surface area (Å²) in [5.74, 6) is 0.576. The van der Waals surface area contributed by atoms with Crippen LogP contribution in [0.2, 0.25) is 0 Å². The van der Waals surface area contributed by atoms with Gasteiger partial charge in [-0.2, -0.15) is 0 Å². The van der Waals surface area contributed by atoms with Crippen molar-refractivity contribution in [3.63, 3.8) is 0 Å². The van der Waals surface area contributed by atoms with E-state index in [1.165, 1.54) is 17.2 Å². The van der Waals surface area contributed by atoms with Crippen LogP contribution in [0.4, 0.5) is 5.82 Å². The van der Waals surface area contributed by atoms with E-state index in [1.54, 1.807) is 0 Å². The number of hydrogen-bond donors (Lipinski definition) is 4. The van der Waals surface area contributed by atoms with E-state index >= 15 is 0 Å². The molecule has 0 saturated carbocycles. The van der Waals surface area contributed by atoms with Crippen molar-refractivity contribution in [1.82, 2.24) is 19.5 Å². The van der Waals surface area contributed by atoms with Crippen LogP contribution in [0, 0.1) is 0 Å². The highest BCUT2D eigenvalue weighted by molar-refractivity contribution is 5.82. The van der Waals surface area contributed by atoms with Crippen LogP contribution in [0.25, 0.3) is 11.2 Å². The molecule has 2 aromatic heterocycles.